The number of anilines is 1. The van der Waals surface area contributed by atoms with Crippen molar-refractivity contribution < 1.29 is 14.3 Å². The first kappa shape index (κ1) is 17.3. The number of piperidine rings is 1. The second-order valence-electron chi connectivity index (χ2n) is 7.72. The van der Waals surface area contributed by atoms with Gasteiger partial charge in [-0.2, -0.15) is 0 Å². The minimum absolute atomic E-state index is 0.0517. The predicted molar refractivity (Wildman–Crippen MR) is 99.2 cm³/mol. The molecule has 3 fully saturated rings. The second-order valence-corrected chi connectivity index (χ2v) is 7.72. The van der Waals surface area contributed by atoms with Crippen molar-refractivity contribution in [3.8, 4) is 0 Å². The molecule has 3 aliphatic rings. The molecule has 0 radical (unpaired) electrons. The van der Waals surface area contributed by atoms with Gasteiger partial charge in [0.2, 0.25) is 5.91 Å². The zero-order valence-electron chi connectivity index (χ0n) is 15.2. The molecule has 1 spiro atoms. The lowest BCUT2D eigenvalue weighted by Gasteiger charge is -2.44. The van der Waals surface area contributed by atoms with Crippen molar-refractivity contribution in [2.24, 2.45) is 5.41 Å². The van der Waals surface area contributed by atoms with Crippen LogP contribution in [0.5, 0.6) is 0 Å². The number of urea groups is 1. The number of ether oxygens (including phenoxy) is 1. The Hall–Kier alpha value is -2.08. The second kappa shape index (κ2) is 7.27. The Labute approximate surface area is 154 Å². The van der Waals surface area contributed by atoms with Crippen LogP contribution in [0.25, 0.3) is 0 Å². The van der Waals surface area contributed by atoms with E-state index in [1.807, 2.05) is 29.2 Å². The van der Waals surface area contributed by atoms with Gasteiger partial charge in [-0.05, 0) is 48.8 Å². The largest absolute Gasteiger partial charge is 0.381 e. The molecular weight excluding hydrogens is 330 g/mol. The van der Waals surface area contributed by atoms with E-state index in [-0.39, 0.29) is 11.9 Å². The van der Waals surface area contributed by atoms with Gasteiger partial charge in [0, 0.05) is 45.1 Å². The van der Waals surface area contributed by atoms with E-state index in [0.717, 1.165) is 63.2 Å². The van der Waals surface area contributed by atoms with Gasteiger partial charge < -0.3 is 15.0 Å². The molecule has 0 unspecified atom stereocenters. The summed E-state index contributed by atoms with van der Waals surface area (Å²) in [7, 11) is 0. The highest BCUT2D eigenvalue weighted by Crippen LogP contribution is 2.40. The van der Waals surface area contributed by atoms with Gasteiger partial charge in [-0.25, -0.2) is 4.79 Å². The molecule has 6 heteroatoms. The minimum Gasteiger partial charge on any atom is -0.381 e. The van der Waals surface area contributed by atoms with Gasteiger partial charge >= 0.3 is 6.03 Å². The van der Waals surface area contributed by atoms with Crippen molar-refractivity contribution in [2.75, 3.05) is 44.3 Å². The number of nitrogens with zero attached hydrogens (tertiary/aromatic N) is 2. The van der Waals surface area contributed by atoms with Crippen molar-refractivity contribution in [1.29, 1.82) is 0 Å². The standard InChI is InChI=1S/C20H27N3O3/c24-18(22-10-5-20(6-11-22)7-13-26-14-8-20)15-16-1-3-17(4-2-16)23-12-9-21-19(23)25/h1-4H,5-15H2,(H,21,25). The first-order valence-electron chi connectivity index (χ1n) is 9.65. The first-order valence-corrected chi connectivity index (χ1v) is 9.65. The van der Waals surface area contributed by atoms with E-state index in [1.54, 1.807) is 4.90 Å². The number of likely N-dealkylation sites (tertiary alicyclic amines) is 1. The Morgan fingerprint density at radius 2 is 1.73 bits per heavy atom. The molecule has 140 valence electrons. The van der Waals surface area contributed by atoms with Crippen LogP contribution in [-0.2, 0) is 16.0 Å². The molecule has 0 bridgehead atoms. The molecule has 3 saturated heterocycles. The maximum atomic E-state index is 12.7. The van der Waals surface area contributed by atoms with Crippen LogP contribution in [0.3, 0.4) is 0 Å². The predicted octanol–water partition coefficient (Wildman–Crippen LogP) is 2.18. The molecule has 26 heavy (non-hydrogen) atoms. The van der Waals surface area contributed by atoms with Crippen molar-refractivity contribution in [2.45, 2.75) is 32.1 Å². The quantitative estimate of drug-likeness (QED) is 0.902. The van der Waals surface area contributed by atoms with Crippen LogP contribution in [0.4, 0.5) is 10.5 Å². The highest BCUT2D eigenvalue weighted by atomic mass is 16.5. The maximum absolute atomic E-state index is 12.7. The average Bonchev–Trinajstić information content (AvgIpc) is 3.09. The molecule has 1 N–H and O–H groups in total. The summed E-state index contributed by atoms with van der Waals surface area (Å²) in [5.41, 5.74) is 2.30. The van der Waals surface area contributed by atoms with Crippen LogP contribution in [0.2, 0.25) is 0 Å². The van der Waals surface area contributed by atoms with Crippen molar-refractivity contribution >= 4 is 17.6 Å². The van der Waals surface area contributed by atoms with E-state index in [9.17, 15) is 9.59 Å². The summed E-state index contributed by atoms with van der Waals surface area (Å²) in [6, 6.07) is 7.73. The van der Waals surface area contributed by atoms with Gasteiger partial charge in [0.25, 0.3) is 0 Å². The topological polar surface area (TPSA) is 61.9 Å². The van der Waals surface area contributed by atoms with Crippen LogP contribution >= 0.6 is 0 Å². The fourth-order valence-corrected chi connectivity index (χ4v) is 4.33. The van der Waals surface area contributed by atoms with Crippen molar-refractivity contribution in [3.05, 3.63) is 29.8 Å². The minimum atomic E-state index is -0.0517. The summed E-state index contributed by atoms with van der Waals surface area (Å²) in [6.45, 7) is 4.85. The van der Waals surface area contributed by atoms with E-state index < -0.39 is 0 Å². The molecule has 6 nitrogen and oxygen atoms in total. The lowest BCUT2D eigenvalue weighted by molar-refractivity contribution is -0.133. The van der Waals surface area contributed by atoms with Gasteiger partial charge in [-0.1, -0.05) is 12.1 Å². The van der Waals surface area contributed by atoms with Crippen LogP contribution in [-0.4, -0.2) is 56.2 Å². The molecule has 0 aromatic heterocycles. The summed E-state index contributed by atoms with van der Waals surface area (Å²) < 4.78 is 5.49. The van der Waals surface area contributed by atoms with E-state index >= 15 is 0 Å². The SMILES string of the molecule is O=C(Cc1ccc(N2CCNC2=O)cc1)N1CCC2(CCOCC2)CC1. The first-order chi connectivity index (χ1) is 12.7. The van der Waals surface area contributed by atoms with Gasteiger partial charge in [-0.3, -0.25) is 9.69 Å². The summed E-state index contributed by atoms with van der Waals surface area (Å²) in [5.74, 6) is 0.207. The van der Waals surface area contributed by atoms with Crippen LogP contribution in [0, 0.1) is 5.41 Å². The molecule has 0 atom stereocenters. The van der Waals surface area contributed by atoms with Crippen molar-refractivity contribution in [1.82, 2.24) is 10.2 Å². The Bertz CT molecular complexity index is 657. The molecule has 3 heterocycles. The van der Waals surface area contributed by atoms with Gasteiger partial charge in [0.05, 0.1) is 6.42 Å². The summed E-state index contributed by atoms with van der Waals surface area (Å²) in [6.07, 6.45) is 4.92. The monoisotopic (exact) mass is 357 g/mol. The van der Waals surface area contributed by atoms with E-state index in [1.165, 1.54) is 0 Å². The molecule has 4 rings (SSSR count). The molecule has 3 aliphatic heterocycles. The number of carbonyl (C=O) groups excluding carboxylic acids is 2. The number of benzene rings is 1. The number of nitrogens with one attached hydrogen (secondary N) is 1. The Morgan fingerprint density at radius 1 is 1.04 bits per heavy atom. The number of carbonyl (C=O) groups is 2. The third kappa shape index (κ3) is 3.56. The maximum Gasteiger partial charge on any atom is 0.321 e. The van der Waals surface area contributed by atoms with Crippen LogP contribution in [0.1, 0.15) is 31.2 Å². The molecule has 3 amide bonds. The van der Waals surface area contributed by atoms with Crippen LogP contribution < -0.4 is 10.2 Å². The molecule has 1 aromatic carbocycles. The lowest BCUT2D eigenvalue weighted by atomic mass is 9.72. The molecule has 0 saturated carbocycles. The zero-order valence-corrected chi connectivity index (χ0v) is 15.2. The molecular formula is C20H27N3O3. The Kier molecular flexibility index (Phi) is 4.85. The number of hydrogen-bond acceptors (Lipinski definition) is 3. The normalized spacial score (nSPS) is 22.5. The van der Waals surface area contributed by atoms with Gasteiger partial charge in [-0.15, -0.1) is 0 Å². The van der Waals surface area contributed by atoms with Gasteiger partial charge in [0.15, 0.2) is 0 Å². The third-order valence-corrected chi connectivity index (χ3v) is 6.19. The number of rotatable bonds is 3. The fraction of sp³-hybridized carbons (Fsp3) is 0.600. The van der Waals surface area contributed by atoms with E-state index in [4.69, 9.17) is 4.74 Å². The number of amides is 3. The Balaban J connectivity index is 1.31. The highest BCUT2D eigenvalue weighted by molar-refractivity contribution is 5.94. The highest BCUT2D eigenvalue weighted by Gasteiger charge is 2.37. The van der Waals surface area contributed by atoms with E-state index in [2.05, 4.69) is 5.32 Å². The lowest BCUT2D eigenvalue weighted by Crippen LogP contribution is -2.45. The van der Waals surface area contributed by atoms with Gasteiger partial charge in [0.1, 0.15) is 0 Å². The van der Waals surface area contributed by atoms with Crippen molar-refractivity contribution in [3.63, 3.8) is 0 Å². The van der Waals surface area contributed by atoms with E-state index in [0.29, 0.717) is 24.9 Å². The summed E-state index contributed by atoms with van der Waals surface area (Å²) >= 11 is 0. The smallest absolute Gasteiger partial charge is 0.321 e. The third-order valence-electron chi connectivity index (χ3n) is 6.19. The Morgan fingerprint density at radius 3 is 2.35 bits per heavy atom. The summed E-state index contributed by atoms with van der Waals surface area (Å²) in [5, 5.41) is 2.80. The fourth-order valence-electron chi connectivity index (χ4n) is 4.33. The zero-order chi connectivity index (χ0) is 18.0. The average molecular weight is 357 g/mol. The van der Waals surface area contributed by atoms with Crippen LogP contribution in [0.15, 0.2) is 24.3 Å². The summed E-state index contributed by atoms with van der Waals surface area (Å²) in [4.78, 5) is 28.1. The molecule has 0 aliphatic carbocycles. The molecule has 1 aromatic rings. The number of hydrogen-bond donors (Lipinski definition) is 1.